The topological polar surface area (TPSA) is 397 Å². The number of methoxy groups -OCH3 is 1. The average molecular weight is 1370 g/mol. The fourth-order valence-electron chi connectivity index (χ4n) is 11.4. The fraction of sp³-hybridized carbons (Fsp3) is 0.362. The number of carbonyl (C=O) groups is 7. The van der Waals surface area contributed by atoms with Gasteiger partial charge < -0.3 is 75.9 Å². The van der Waals surface area contributed by atoms with Crippen LogP contribution in [0.1, 0.15) is 125 Å². The van der Waals surface area contributed by atoms with Crippen molar-refractivity contribution in [3.8, 4) is 38.4 Å². The number of aromatic nitrogens is 7. The third-order valence-electron chi connectivity index (χ3n) is 15.6. The van der Waals surface area contributed by atoms with E-state index in [-0.39, 0.29) is 106 Å². The van der Waals surface area contributed by atoms with Crippen molar-refractivity contribution >= 4 is 126 Å². The first-order valence-corrected chi connectivity index (χ1v) is 33.6. The summed E-state index contributed by atoms with van der Waals surface area (Å²) in [6.45, 7) is 5.43. The number of primary amides is 1. The van der Waals surface area contributed by atoms with Gasteiger partial charge in [-0.1, -0.05) is 23.9 Å². The number of nitrogens with zero attached hydrogens (tertiary/aromatic N) is 7. The second kappa shape index (κ2) is 25.8. The monoisotopic (exact) mass is 1370 g/mol. The Kier molecular flexibility index (Phi) is 18.0. The first-order chi connectivity index (χ1) is 43.9. The molecule has 0 aliphatic carbocycles. The molecule has 5 amide bonds. The summed E-state index contributed by atoms with van der Waals surface area (Å²) in [5.74, 6) is -5.70. The predicted octanol–water partition coefficient (Wildman–Crippen LogP) is 5.27. The van der Waals surface area contributed by atoms with E-state index in [1.807, 2.05) is 4.90 Å². The Balaban J connectivity index is 1.04. The largest absolute Gasteiger partial charge is 0.506 e. The number of pyridine rings is 1. The molecule has 1 fully saturated rings. The van der Waals surface area contributed by atoms with Crippen molar-refractivity contribution < 1.29 is 72.6 Å². The van der Waals surface area contributed by atoms with Crippen LogP contribution in [0.15, 0.2) is 56.9 Å². The summed E-state index contributed by atoms with van der Waals surface area (Å²) >= 11 is 5.73. The molecule has 11 heterocycles. The number of thioether (sulfide) groups is 1. The van der Waals surface area contributed by atoms with Crippen LogP contribution in [0, 0.1) is 0 Å². The van der Waals surface area contributed by atoms with Crippen molar-refractivity contribution in [2.75, 3.05) is 27.0 Å². The molecule has 0 saturated carbocycles. The van der Waals surface area contributed by atoms with Crippen LogP contribution in [-0.2, 0) is 46.5 Å². The molecule has 8 aromatic rings. The van der Waals surface area contributed by atoms with Crippen LogP contribution < -0.4 is 27.0 Å². The summed E-state index contributed by atoms with van der Waals surface area (Å²) in [4.78, 5) is 134. The second-order valence-electron chi connectivity index (χ2n) is 22.3. The number of carbonyl (C=O) groups excluding carboxylic acids is 7. The van der Waals surface area contributed by atoms with Crippen molar-refractivity contribution in [1.29, 1.82) is 0 Å². The number of fused-ring (bicyclic) bond motifs is 15. The lowest BCUT2D eigenvalue weighted by Crippen LogP contribution is -2.62. The molecular formula is C58H57N13O15S6. The van der Waals surface area contributed by atoms with Crippen molar-refractivity contribution in [1.82, 2.24) is 61.1 Å². The number of nitrogens with two attached hydrogens (primary N) is 1. The number of amides is 5. The van der Waals surface area contributed by atoms with E-state index < -0.39 is 113 Å². The number of benzene rings is 1. The second-order valence-corrected chi connectivity index (χ2v) is 27.6. The number of rotatable bonds is 7. The normalized spacial score (nSPS) is 25.0. The summed E-state index contributed by atoms with van der Waals surface area (Å²) in [5.41, 5.74) is 5.13. The van der Waals surface area contributed by atoms with Crippen LogP contribution in [0.3, 0.4) is 0 Å². The molecule has 10 N–H and O–H groups in total. The molecule has 12 rings (SSSR count). The first-order valence-electron chi connectivity index (χ1n) is 28.2. The Morgan fingerprint density at radius 1 is 0.837 bits per heavy atom. The van der Waals surface area contributed by atoms with Crippen molar-refractivity contribution in [3.63, 3.8) is 0 Å². The highest BCUT2D eigenvalue weighted by molar-refractivity contribution is 8.14. The standard InChI is InChI=1S/C58H57N13O15S6/c1-21(72)37-50(78)69-38(22(2)82-7)53-65-32(19-90-53)49(77)70-42-43-44(86-35-12-58(4,81)45(71(5)6)23(3)85-35)56(79)84-13-24-9-8-10-27-36(24)26(14-83-43)40(60-27)57(80)92-20-33(61-47(75)30-18-91-55(42)66-30)52-62-28(15-88-52)39-25(51-64-31(17-87-51)48(76)68-37)11-34(73)41(67-39)54-63-29(16-89-54)46(59)74/h8-11,15-19,21,23,33,35,37,42-45,60,72-73,81H,12-14,20H2,1-7H3,(H2,59,74)(H,61,75)(H,68,76)(H,69,78)(H,70,77)/b38-22+/t21?,23-,33?,35-,37?,42?,43?,44?,45+,58-/m0/s1. The third-order valence-corrected chi connectivity index (χ3v) is 21.1. The number of hydrogen-bond donors (Lipinski definition) is 9. The molecule has 4 aliphatic rings. The van der Waals surface area contributed by atoms with E-state index in [0.717, 1.165) is 68.4 Å². The number of aliphatic hydroxyl groups is 2. The number of H-pyrrole nitrogens is 1. The van der Waals surface area contributed by atoms with Gasteiger partial charge in [-0.25, -0.2) is 34.7 Å². The van der Waals surface area contributed by atoms with Gasteiger partial charge in [0.2, 0.25) is 11.0 Å². The van der Waals surface area contributed by atoms with Gasteiger partial charge in [0, 0.05) is 61.1 Å². The Morgan fingerprint density at radius 2 is 1.51 bits per heavy atom. The maximum atomic E-state index is 15.1. The zero-order valence-electron chi connectivity index (χ0n) is 49.6. The van der Waals surface area contributed by atoms with Crippen molar-refractivity contribution in [3.05, 3.63) is 112 Å². The highest BCUT2D eigenvalue weighted by Crippen LogP contribution is 2.43. The number of cyclic esters (lactones) is 1. The van der Waals surface area contributed by atoms with E-state index in [1.165, 1.54) is 48.5 Å². The van der Waals surface area contributed by atoms with Crippen LogP contribution in [0.2, 0.25) is 0 Å². The lowest BCUT2D eigenvalue weighted by molar-refractivity contribution is -0.280. The lowest BCUT2D eigenvalue weighted by Gasteiger charge is -2.48. The molecule has 6 unspecified atom stereocenters. The Labute approximate surface area is 546 Å². The number of nitrogens with one attached hydrogen (secondary N) is 5. The molecule has 10 atom stereocenters. The Morgan fingerprint density at radius 3 is 2.23 bits per heavy atom. The minimum absolute atomic E-state index is 0.0132. The lowest BCUT2D eigenvalue weighted by atomic mass is 9.85. The highest BCUT2D eigenvalue weighted by Gasteiger charge is 2.50. The number of aromatic hydroxyl groups is 1. The predicted molar refractivity (Wildman–Crippen MR) is 338 cm³/mol. The Hall–Kier alpha value is -8.00. The minimum atomic E-state index is -1.81. The molecule has 28 nitrogen and oxygen atoms in total. The van der Waals surface area contributed by atoms with E-state index in [1.54, 1.807) is 51.5 Å². The molecule has 480 valence electrons. The van der Waals surface area contributed by atoms with Crippen LogP contribution in [0.5, 0.6) is 5.75 Å². The maximum Gasteiger partial charge on any atom is 0.338 e. The van der Waals surface area contributed by atoms with Crippen LogP contribution >= 0.6 is 68.4 Å². The molecule has 34 heteroatoms. The van der Waals surface area contributed by atoms with Crippen LogP contribution in [-0.4, -0.2) is 171 Å². The van der Waals surface area contributed by atoms with Gasteiger partial charge >= 0.3 is 5.97 Å². The average Bonchev–Trinajstić information content (AvgIpc) is 1.86. The number of allylic oxidation sites excluding steroid dienone is 1. The molecule has 7 aromatic heterocycles. The number of hydrogen-bond acceptors (Lipinski definition) is 28. The molecule has 1 aromatic carbocycles. The number of thiazole rings is 5. The third kappa shape index (κ3) is 12.6. The molecule has 4 aliphatic heterocycles. The van der Waals surface area contributed by atoms with Gasteiger partial charge in [-0.3, -0.25) is 28.8 Å². The molecular weight excluding hydrogens is 1310 g/mol. The smallest absolute Gasteiger partial charge is 0.338 e. The van der Waals surface area contributed by atoms with Gasteiger partial charge in [0.15, 0.2) is 12.4 Å². The molecule has 92 heavy (non-hydrogen) atoms. The van der Waals surface area contributed by atoms with E-state index in [9.17, 15) is 34.5 Å². The summed E-state index contributed by atoms with van der Waals surface area (Å²) < 4.78 is 31.8. The number of likely N-dealkylation sites (N-methyl/N-ethyl adjacent to an activating group) is 1. The van der Waals surface area contributed by atoms with Crippen molar-refractivity contribution in [2.45, 2.75) is 108 Å². The quantitative estimate of drug-likeness (QED) is 0.0725. The maximum absolute atomic E-state index is 15.1. The van der Waals surface area contributed by atoms with Gasteiger partial charge in [-0.05, 0) is 59.5 Å². The number of aromatic amines is 1. The fourth-order valence-corrected chi connectivity index (χ4v) is 16.6. The van der Waals surface area contributed by atoms with E-state index in [0.29, 0.717) is 22.0 Å². The minimum Gasteiger partial charge on any atom is -0.506 e. The summed E-state index contributed by atoms with van der Waals surface area (Å²) in [7, 11) is 4.92. The van der Waals surface area contributed by atoms with Crippen molar-refractivity contribution in [2.24, 2.45) is 5.73 Å². The van der Waals surface area contributed by atoms with Gasteiger partial charge in [-0.15, -0.1) is 56.7 Å². The number of ether oxygens (including phenoxy) is 5. The summed E-state index contributed by atoms with van der Waals surface area (Å²) in [6.07, 6.45) is -7.09. The zero-order chi connectivity index (χ0) is 65.2. The van der Waals surface area contributed by atoms with Gasteiger partial charge in [0.25, 0.3) is 23.6 Å². The van der Waals surface area contributed by atoms with E-state index in [2.05, 4.69) is 41.2 Å². The first kappa shape index (κ1) is 64.1. The van der Waals surface area contributed by atoms with E-state index >= 15 is 14.4 Å². The SMILES string of the molecule is CO/C(C)=C1/NC(=O)C(C(C)O)NC(=O)c2csc(n2)-c2cc(O)c(-c3nc(C(N)=O)cs3)nc2-c2csc(n2)C2CSC(=O)c3[nH]c4cccc5c4c3COC(C(O[C@H]3C[C@](C)(O)[C@H](N(C)C)[C@H](C)O3)C(=O)OC5)C(NC(=O)c3csc1n3)c1nc(cs1)C(=O)N2. The number of aliphatic hydroxyl groups excluding tert-OH is 1. The number of esters is 1. The zero-order valence-corrected chi connectivity index (χ0v) is 54.5. The highest BCUT2D eigenvalue weighted by atomic mass is 32.2. The summed E-state index contributed by atoms with van der Waals surface area (Å²) in [5, 5.41) is 53.7. The van der Waals surface area contributed by atoms with Gasteiger partial charge in [0.1, 0.15) is 107 Å². The molecule has 0 radical (unpaired) electrons. The molecule has 0 spiro atoms. The Bertz CT molecular complexity index is 4300. The summed E-state index contributed by atoms with van der Waals surface area (Å²) in [6, 6.07) is 1.78. The van der Waals surface area contributed by atoms with Gasteiger partial charge in [0.05, 0.1) is 49.3 Å². The van der Waals surface area contributed by atoms with Crippen LogP contribution in [0.25, 0.3) is 49.3 Å². The van der Waals surface area contributed by atoms with E-state index in [4.69, 9.17) is 44.4 Å². The molecule has 12 bridgehead atoms. The van der Waals surface area contributed by atoms with Gasteiger partial charge in [-0.2, -0.15) is 0 Å². The molecule has 1 saturated heterocycles. The van der Waals surface area contributed by atoms with Crippen LogP contribution in [0.4, 0.5) is 0 Å².